The number of nitrogens with one attached hydrogen (secondary N) is 2. The van der Waals surface area contributed by atoms with Gasteiger partial charge in [-0.3, -0.25) is 39.2 Å². The van der Waals surface area contributed by atoms with Gasteiger partial charge in [0.1, 0.15) is 11.4 Å². The third-order valence-corrected chi connectivity index (χ3v) is 8.40. The fourth-order valence-corrected chi connectivity index (χ4v) is 6.06. The number of allylic oxidation sites excluding steroid dienone is 2. The third kappa shape index (κ3) is 7.07. The third-order valence-electron chi connectivity index (χ3n) is 8.40. The van der Waals surface area contributed by atoms with Crippen LogP contribution in [0.15, 0.2) is 73.8 Å². The minimum atomic E-state index is -0.593. The molecule has 0 aliphatic carbocycles. The zero-order chi connectivity index (χ0) is 37.1. The summed E-state index contributed by atoms with van der Waals surface area (Å²) < 4.78 is 6.86. The summed E-state index contributed by atoms with van der Waals surface area (Å²) in [6.45, 7) is 12.7. The maximum Gasteiger partial charge on any atom is 0.276 e. The summed E-state index contributed by atoms with van der Waals surface area (Å²) in [6, 6.07) is 13.3. The van der Waals surface area contributed by atoms with Crippen LogP contribution >= 0.6 is 0 Å². The molecule has 6 rings (SSSR count). The van der Waals surface area contributed by atoms with Crippen LogP contribution in [0.1, 0.15) is 65.9 Å². The number of unbranched alkanes of at least 4 members (excludes halogenated alkanes) is 1. The van der Waals surface area contributed by atoms with Gasteiger partial charge < -0.3 is 20.6 Å². The SMILES string of the molecule is C=CCn1nc(C)cc1C(=O)Nc1nc2cc(C(N)=O)ccc2n1CCCCn1c(NC(=O)c2cc(C)nn2CC=C)nc2cc(C(N)=O)ccc21. The lowest BCUT2D eigenvalue weighted by Gasteiger charge is -2.13. The monoisotopic (exact) mass is 702 g/mol. The zero-order valence-corrected chi connectivity index (χ0v) is 28.8. The highest BCUT2D eigenvalue weighted by molar-refractivity contribution is 6.04. The van der Waals surface area contributed by atoms with Crippen LogP contribution < -0.4 is 22.1 Å². The molecule has 6 aromatic rings. The number of nitrogens with zero attached hydrogens (tertiary/aromatic N) is 8. The summed E-state index contributed by atoms with van der Waals surface area (Å²) in [4.78, 5) is 60.1. The Morgan fingerprint density at radius 1 is 0.673 bits per heavy atom. The highest BCUT2D eigenvalue weighted by Gasteiger charge is 2.21. The molecule has 266 valence electrons. The zero-order valence-electron chi connectivity index (χ0n) is 28.8. The van der Waals surface area contributed by atoms with Gasteiger partial charge in [0.2, 0.25) is 23.7 Å². The second-order valence-corrected chi connectivity index (χ2v) is 12.2. The lowest BCUT2D eigenvalue weighted by molar-refractivity contribution is 0.0992. The van der Waals surface area contributed by atoms with E-state index in [1.807, 2.05) is 9.13 Å². The molecule has 6 N–H and O–H groups in total. The molecule has 4 aromatic heterocycles. The van der Waals surface area contributed by atoms with Crippen LogP contribution in [0.5, 0.6) is 0 Å². The molecule has 52 heavy (non-hydrogen) atoms. The fourth-order valence-electron chi connectivity index (χ4n) is 6.06. The van der Waals surface area contributed by atoms with E-state index in [1.165, 1.54) is 0 Å². The van der Waals surface area contributed by atoms with Gasteiger partial charge in [-0.05, 0) is 75.2 Å². The van der Waals surface area contributed by atoms with Crippen molar-refractivity contribution in [3.63, 3.8) is 0 Å². The predicted octanol–water partition coefficient (Wildman–Crippen LogP) is 3.95. The first-order valence-corrected chi connectivity index (χ1v) is 16.5. The Morgan fingerprint density at radius 2 is 1.08 bits per heavy atom. The molecular weight excluding hydrogens is 664 g/mol. The number of benzene rings is 2. The Kier molecular flexibility index (Phi) is 9.80. The molecule has 0 bridgehead atoms. The van der Waals surface area contributed by atoms with Gasteiger partial charge in [-0.1, -0.05) is 12.2 Å². The van der Waals surface area contributed by atoms with E-state index in [9.17, 15) is 19.2 Å². The Hall–Kier alpha value is -6.84. The van der Waals surface area contributed by atoms with Crippen LogP contribution in [0.3, 0.4) is 0 Å². The number of amides is 4. The number of imidazole rings is 2. The lowest BCUT2D eigenvalue weighted by atomic mass is 10.2. The van der Waals surface area contributed by atoms with Gasteiger partial charge in [0.05, 0.1) is 46.5 Å². The van der Waals surface area contributed by atoms with Crippen molar-refractivity contribution in [3.05, 3.63) is 108 Å². The number of fused-ring (bicyclic) bond motifs is 2. The normalized spacial score (nSPS) is 11.2. The van der Waals surface area contributed by atoms with Crippen molar-refractivity contribution in [2.75, 3.05) is 10.6 Å². The van der Waals surface area contributed by atoms with E-state index in [0.29, 0.717) is 95.0 Å². The first kappa shape index (κ1) is 35.0. The van der Waals surface area contributed by atoms with Gasteiger partial charge in [0.25, 0.3) is 11.8 Å². The molecular formula is C36H38N12O4. The number of anilines is 2. The van der Waals surface area contributed by atoms with E-state index < -0.39 is 23.6 Å². The van der Waals surface area contributed by atoms with E-state index in [0.717, 1.165) is 0 Å². The Morgan fingerprint density at radius 3 is 1.44 bits per heavy atom. The quantitative estimate of drug-likeness (QED) is 0.0905. The molecule has 2 aromatic carbocycles. The van der Waals surface area contributed by atoms with Gasteiger partial charge in [-0.2, -0.15) is 10.2 Å². The van der Waals surface area contributed by atoms with Gasteiger partial charge in [0.15, 0.2) is 0 Å². The van der Waals surface area contributed by atoms with Gasteiger partial charge in [0, 0.05) is 24.2 Å². The standard InChI is InChI=1S/C36H38N12O4/c1-5-13-47-29(17-21(3)43-47)33(51)41-35-39-25-19-23(31(37)49)9-11-27(25)45(35)15-7-8-16-46-28-12-10-24(32(38)50)20-26(28)40-36(46)42-34(52)30-18-22(4)44-48(30)14-6-2/h5-6,9-12,17-20H,1-2,7-8,13-16H2,3-4H3,(H2,37,49)(H2,38,50)(H,39,41,51)(H,40,42,52). The van der Waals surface area contributed by atoms with Crippen LogP contribution in [0.4, 0.5) is 11.9 Å². The highest BCUT2D eigenvalue weighted by Crippen LogP contribution is 2.25. The van der Waals surface area contributed by atoms with Gasteiger partial charge >= 0.3 is 0 Å². The number of nitrogens with two attached hydrogens (primary N) is 2. The average Bonchev–Trinajstić information content (AvgIpc) is 3.85. The number of hydrogen-bond donors (Lipinski definition) is 4. The first-order chi connectivity index (χ1) is 25.0. The molecule has 4 amide bonds. The van der Waals surface area contributed by atoms with E-state index in [4.69, 9.17) is 11.5 Å². The molecule has 16 heteroatoms. The topological polar surface area (TPSA) is 216 Å². The maximum absolute atomic E-state index is 13.5. The number of rotatable bonds is 15. The van der Waals surface area contributed by atoms with E-state index >= 15 is 0 Å². The summed E-state index contributed by atoms with van der Waals surface area (Å²) in [7, 11) is 0. The van der Waals surface area contributed by atoms with Crippen LogP contribution in [-0.4, -0.2) is 62.3 Å². The van der Waals surface area contributed by atoms with Crippen molar-refractivity contribution < 1.29 is 19.2 Å². The van der Waals surface area contributed by atoms with Crippen molar-refractivity contribution in [1.82, 2.24) is 38.7 Å². The molecule has 16 nitrogen and oxygen atoms in total. The van der Waals surface area contributed by atoms with Crippen LogP contribution in [-0.2, 0) is 26.2 Å². The molecule has 0 aliphatic rings. The summed E-state index contributed by atoms with van der Waals surface area (Å²) in [5.41, 5.74) is 16.1. The largest absolute Gasteiger partial charge is 0.366 e. The molecule has 0 spiro atoms. The molecule has 4 heterocycles. The molecule has 0 unspecified atom stereocenters. The maximum atomic E-state index is 13.5. The van der Waals surface area contributed by atoms with E-state index in [1.54, 1.807) is 83.9 Å². The van der Waals surface area contributed by atoms with Gasteiger partial charge in [-0.25, -0.2) is 9.97 Å². The van der Waals surface area contributed by atoms with Crippen molar-refractivity contribution in [1.29, 1.82) is 0 Å². The Balaban J connectivity index is 1.27. The number of hydrogen-bond acceptors (Lipinski definition) is 8. The number of primary amides is 2. The van der Waals surface area contributed by atoms with E-state index in [-0.39, 0.29) is 11.9 Å². The summed E-state index contributed by atoms with van der Waals surface area (Å²) in [5.74, 6) is -1.41. The first-order valence-electron chi connectivity index (χ1n) is 16.5. The molecule has 0 fully saturated rings. The minimum Gasteiger partial charge on any atom is -0.366 e. The molecule has 0 saturated carbocycles. The molecule has 0 saturated heterocycles. The Bertz CT molecular complexity index is 2230. The van der Waals surface area contributed by atoms with Crippen LogP contribution in [0.25, 0.3) is 22.1 Å². The minimum absolute atomic E-state index is 0.289. The van der Waals surface area contributed by atoms with Crippen LogP contribution in [0, 0.1) is 13.8 Å². The second kappa shape index (κ2) is 14.6. The van der Waals surface area contributed by atoms with Crippen molar-refractivity contribution in [2.24, 2.45) is 11.5 Å². The number of aryl methyl sites for hydroxylation is 4. The summed E-state index contributed by atoms with van der Waals surface area (Å²) in [5, 5.41) is 14.6. The molecule has 0 atom stereocenters. The highest BCUT2D eigenvalue weighted by atomic mass is 16.2. The molecule has 0 aliphatic heterocycles. The fraction of sp³-hybridized carbons (Fsp3) is 0.222. The average molecular weight is 703 g/mol. The lowest BCUT2D eigenvalue weighted by Crippen LogP contribution is -2.20. The molecule has 0 radical (unpaired) electrons. The Labute approximate surface area is 297 Å². The number of carbonyl (C=O) groups is 4. The van der Waals surface area contributed by atoms with Gasteiger partial charge in [-0.15, -0.1) is 13.2 Å². The second-order valence-electron chi connectivity index (χ2n) is 12.2. The number of carbonyl (C=O) groups excluding carboxylic acids is 4. The van der Waals surface area contributed by atoms with Crippen molar-refractivity contribution >= 4 is 57.6 Å². The predicted molar refractivity (Wildman–Crippen MR) is 196 cm³/mol. The van der Waals surface area contributed by atoms with Crippen molar-refractivity contribution in [3.8, 4) is 0 Å². The smallest absolute Gasteiger partial charge is 0.276 e. The van der Waals surface area contributed by atoms with Crippen LogP contribution in [0.2, 0.25) is 0 Å². The van der Waals surface area contributed by atoms with Crippen molar-refractivity contribution in [2.45, 2.75) is 52.9 Å². The summed E-state index contributed by atoms with van der Waals surface area (Å²) in [6.07, 6.45) is 4.52. The number of aromatic nitrogens is 8. The van der Waals surface area contributed by atoms with E-state index in [2.05, 4.69) is 44.0 Å². The summed E-state index contributed by atoms with van der Waals surface area (Å²) >= 11 is 0.